The van der Waals surface area contributed by atoms with Gasteiger partial charge in [-0.1, -0.05) is 23.7 Å². The van der Waals surface area contributed by atoms with E-state index in [1.807, 2.05) is 4.72 Å². The van der Waals surface area contributed by atoms with E-state index < -0.39 is 15.9 Å². The van der Waals surface area contributed by atoms with Crippen molar-refractivity contribution in [1.29, 1.82) is 0 Å². The van der Waals surface area contributed by atoms with Crippen LogP contribution in [0, 0.1) is 0 Å². The number of rotatable bonds is 9. The smallest absolute Gasteiger partial charge is 0.266 e. The highest BCUT2D eigenvalue weighted by atomic mass is 35.5. The standard InChI is InChI=1S/C23H22ClN3O6S/c1-33-18-7-8-21(24)20(12-18)23(30)25-10-9-15-3-2-4-19(11-15)34(31,32)27-22(29)16-5-6-17(14-28)26-13-16/h2-8,11-13,28H,9-10,14H2,1H3,(H,25,30)(H,27,29). The zero-order valence-electron chi connectivity index (χ0n) is 18.1. The minimum atomic E-state index is -4.14. The third kappa shape index (κ3) is 6.31. The average Bonchev–Trinajstić information content (AvgIpc) is 2.84. The Bertz CT molecular complexity index is 1300. The van der Waals surface area contributed by atoms with Gasteiger partial charge in [-0.25, -0.2) is 13.1 Å². The van der Waals surface area contributed by atoms with Gasteiger partial charge in [0.25, 0.3) is 21.8 Å². The van der Waals surface area contributed by atoms with Gasteiger partial charge in [0.1, 0.15) is 5.75 Å². The number of hydrogen-bond acceptors (Lipinski definition) is 7. The molecule has 0 fully saturated rings. The summed E-state index contributed by atoms with van der Waals surface area (Å²) >= 11 is 6.08. The highest BCUT2D eigenvalue weighted by molar-refractivity contribution is 7.90. The van der Waals surface area contributed by atoms with Crippen LogP contribution in [-0.4, -0.2) is 44.0 Å². The maximum absolute atomic E-state index is 12.7. The Kier molecular flexibility index (Phi) is 8.21. The molecule has 1 heterocycles. The highest BCUT2D eigenvalue weighted by Crippen LogP contribution is 2.22. The van der Waals surface area contributed by atoms with Crippen LogP contribution in [0.2, 0.25) is 5.02 Å². The van der Waals surface area contributed by atoms with Gasteiger partial charge in [-0.15, -0.1) is 0 Å². The van der Waals surface area contributed by atoms with Crippen LogP contribution in [0.25, 0.3) is 0 Å². The molecule has 0 spiro atoms. The molecule has 3 N–H and O–H groups in total. The molecule has 2 amide bonds. The predicted molar refractivity (Wildman–Crippen MR) is 125 cm³/mol. The molecule has 2 aromatic carbocycles. The van der Waals surface area contributed by atoms with Crippen molar-refractivity contribution in [2.75, 3.05) is 13.7 Å². The topological polar surface area (TPSA) is 135 Å². The van der Waals surface area contributed by atoms with Crippen LogP contribution in [0.5, 0.6) is 5.75 Å². The van der Waals surface area contributed by atoms with Gasteiger partial charge >= 0.3 is 0 Å². The zero-order chi connectivity index (χ0) is 24.7. The molecule has 1 aromatic heterocycles. The molecule has 9 nitrogen and oxygen atoms in total. The van der Waals surface area contributed by atoms with E-state index in [-0.39, 0.29) is 40.1 Å². The number of nitrogens with zero attached hydrogens (tertiary/aromatic N) is 1. The molecular formula is C23H22ClN3O6S. The molecule has 0 unspecified atom stereocenters. The third-order valence-electron chi connectivity index (χ3n) is 4.80. The van der Waals surface area contributed by atoms with Crippen LogP contribution in [-0.2, 0) is 23.1 Å². The zero-order valence-corrected chi connectivity index (χ0v) is 19.7. The lowest BCUT2D eigenvalue weighted by Crippen LogP contribution is -2.30. The van der Waals surface area contributed by atoms with E-state index in [1.165, 1.54) is 43.6 Å². The molecule has 11 heteroatoms. The van der Waals surface area contributed by atoms with E-state index in [0.29, 0.717) is 23.4 Å². The summed E-state index contributed by atoms with van der Waals surface area (Å²) in [5.41, 5.74) is 1.30. The number of carbonyl (C=O) groups excluding carboxylic acids is 2. The molecule has 0 saturated heterocycles. The molecule has 0 aliphatic rings. The van der Waals surface area contributed by atoms with Gasteiger partial charge in [-0.2, -0.15) is 0 Å². The van der Waals surface area contributed by atoms with Crippen molar-refractivity contribution in [3.05, 3.63) is 88.2 Å². The fraction of sp³-hybridized carbons (Fsp3) is 0.174. The number of amides is 2. The maximum atomic E-state index is 12.7. The van der Waals surface area contributed by atoms with Gasteiger partial charge in [-0.05, 0) is 54.4 Å². The van der Waals surface area contributed by atoms with E-state index in [2.05, 4.69) is 10.3 Å². The molecular weight excluding hydrogens is 482 g/mol. The minimum Gasteiger partial charge on any atom is -0.497 e. The number of aromatic nitrogens is 1. The van der Waals surface area contributed by atoms with Gasteiger partial charge in [0.15, 0.2) is 0 Å². The van der Waals surface area contributed by atoms with Crippen LogP contribution in [0.3, 0.4) is 0 Å². The summed E-state index contributed by atoms with van der Waals surface area (Å²) in [4.78, 5) is 28.5. The first kappa shape index (κ1) is 25.2. The summed E-state index contributed by atoms with van der Waals surface area (Å²) in [6.07, 6.45) is 1.53. The lowest BCUT2D eigenvalue weighted by Gasteiger charge is -2.10. The molecule has 3 aromatic rings. The summed E-state index contributed by atoms with van der Waals surface area (Å²) in [5, 5.41) is 12.0. The Balaban J connectivity index is 1.63. The minimum absolute atomic E-state index is 0.0378. The van der Waals surface area contributed by atoms with Gasteiger partial charge in [-0.3, -0.25) is 14.6 Å². The number of pyridine rings is 1. The van der Waals surface area contributed by atoms with Gasteiger partial charge in [0.2, 0.25) is 0 Å². The Morgan fingerprint density at radius 1 is 1.09 bits per heavy atom. The summed E-state index contributed by atoms with van der Waals surface area (Å²) in [6, 6.07) is 13.6. The SMILES string of the molecule is COc1ccc(Cl)c(C(=O)NCCc2cccc(S(=O)(=O)NC(=O)c3ccc(CO)nc3)c2)c1. The van der Waals surface area contributed by atoms with E-state index in [4.69, 9.17) is 21.4 Å². The molecule has 178 valence electrons. The normalized spacial score (nSPS) is 11.0. The van der Waals surface area contributed by atoms with Gasteiger partial charge < -0.3 is 15.2 Å². The average molecular weight is 504 g/mol. The monoisotopic (exact) mass is 503 g/mol. The Morgan fingerprint density at radius 3 is 2.56 bits per heavy atom. The molecule has 0 radical (unpaired) electrons. The quantitative estimate of drug-likeness (QED) is 0.408. The molecule has 0 saturated carbocycles. The number of aliphatic hydroxyl groups excluding tert-OH is 1. The van der Waals surface area contributed by atoms with Crippen LogP contribution in [0.15, 0.2) is 65.7 Å². The number of methoxy groups -OCH3 is 1. The Morgan fingerprint density at radius 2 is 1.88 bits per heavy atom. The van der Waals surface area contributed by atoms with Crippen LogP contribution in [0.4, 0.5) is 0 Å². The first-order chi connectivity index (χ1) is 16.2. The number of hydrogen-bond donors (Lipinski definition) is 3. The number of aliphatic hydroxyl groups is 1. The van der Waals surface area contributed by atoms with E-state index in [9.17, 15) is 18.0 Å². The van der Waals surface area contributed by atoms with Crippen molar-refractivity contribution < 1.29 is 27.9 Å². The second-order valence-corrected chi connectivity index (χ2v) is 9.22. The fourth-order valence-electron chi connectivity index (χ4n) is 2.98. The molecule has 34 heavy (non-hydrogen) atoms. The fourth-order valence-corrected chi connectivity index (χ4v) is 4.23. The van der Waals surface area contributed by atoms with E-state index in [0.717, 1.165) is 0 Å². The van der Waals surface area contributed by atoms with Crippen molar-refractivity contribution >= 4 is 33.4 Å². The van der Waals surface area contributed by atoms with Crippen molar-refractivity contribution in [1.82, 2.24) is 15.0 Å². The Labute approximate surface area is 201 Å². The van der Waals surface area contributed by atoms with Crippen LogP contribution >= 0.6 is 11.6 Å². The second-order valence-electron chi connectivity index (χ2n) is 7.13. The third-order valence-corrected chi connectivity index (χ3v) is 6.46. The summed E-state index contributed by atoms with van der Waals surface area (Å²) < 4.78 is 32.4. The lowest BCUT2D eigenvalue weighted by molar-refractivity contribution is 0.0951. The lowest BCUT2D eigenvalue weighted by atomic mass is 10.1. The molecule has 0 bridgehead atoms. The molecule has 0 atom stereocenters. The molecule has 3 rings (SSSR count). The van der Waals surface area contributed by atoms with Crippen LogP contribution < -0.4 is 14.8 Å². The summed E-state index contributed by atoms with van der Waals surface area (Å²) in [7, 11) is -2.65. The maximum Gasteiger partial charge on any atom is 0.266 e. The van der Waals surface area contributed by atoms with Crippen molar-refractivity contribution in [2.45, 2.75) is 17.9 Å². The van der Waals surface area contributed by atoms with Gasteiger partial charge in [0, 0.05) is 12.7 Å². The molecule has 0 aliphatic heterocycles. The number of benzene rings is 2. The van der Waals surface area contributed by atoms with E-state index >= 15 is 0 Å². The number of carbonyl (C=O) groups is 2. The van der Waals surface area contributed by atoms with Gasteiger partial charge in [0.05, 0.1) is 40.5 Å². The number of sulfonamides is 1. The number of halogens is 1. The first-order valence-corrected chi connectivity index (χ1v) is 11.9. The highest BCUT2D eigenvalue weighted by Gasteiger charge is 2.19. The number of nitrogens with one attached hydrogen (secondary N) is 2. The summed E-state index contributed by atoms with van der Waals surface area (Å²) in [6.45, 7) is -0.0644. The van der Waals surface area contributed by atoms with Crippen molar-refractivity contribution in [3.63, 3.8) is 0 Å². The van der Waals surface area contributed by atoms with Crippen molar-refractivity contribution in [2.24, 2.45) is 0 Å². The summed E-state index contributed by atoms with van der Waals surface area (Å²) in [5.74, 6) is -0.736. The largest absolute Gasteiger partial charge is 0.497 e. The predicted octanol–water partition coefficient (Wildman–Crippen LogP) is 2.33. The second kappa shape index (κ2) is 11.1. The Hall–Kier alpha value is -3.47. The molecule has 0 aliphatic carbocycles. The van der Waals surface area contributed by atoms with E-state index in [1.54, 1.807) is 24.3 Å². The first-order valence-electron chi connectivity index (χ1n) is 10.1. The van der Waals surface area contributed by atoms with Crippen LogP contribution in [0.1, 0.15) is 32.0 Å². The van der Waals surface area contributed by atoms with Crippen molar-refractivity contribution in [3.8, 4) is 5.75 Å². The number of ether oxygens (including phenoxy) is 1.